The molecule has 0 aromatic heterocycles. The Kier molecular flexibility index (Phi) is 2.48. The van der Waals surface area contributed by atoms with Gasteiger partial charge in [-0.3, -0.25) is 4.79 Å². The number of rotatable bonds is 2. The third-order valence-corrected chi connectivity index (χ3v) is 1.80. The molecular weight excluding hydrogens is 150 g/mol. The van der Waals surface area contributed by atoms with Gasteiger partial charge in [-0.1, -0.05) is 18.7 Å². The second-order valence-electron chi connectivity index (χ2n) is 2.97. The predicted molar refractivity (Wildman–Crippen MR) is 49.7 cm³/mol. The van der Waals surface area contributed by atoms with Crippen LogP contribution in [0.15, 0.2) is 36.1 Å². The maximum atomic E-state index is 11.5. The summed E-state index contributed by atoms with van der Waals surface area (Å²) >= 11 is 0. The maximum absolute atomic E-state index is 11.5. The van der Waals surface area contributed by atoms with Crippen LogP contribution in [0.3, 0.4) is 0 Å². The Balaban J connectivity index is 2.86. The minimum atomic E-state index is 0.0295. The molecule has 0 radical (unpaired) electrons. The largest absolute Gasteiger partial charge is 0.368 e. The van der Waals surface area contributed by atoms with E-state index in [1.807, 2.05) is 30.2 Å². The van der Waals surface area contributed by atoms with Crippen LogP contribution in [0.2, 0.25) is 0 Å². The van der Waals surface area contributed by atoms with Crippen LogP contribution in [-0.4, -0.2) is 24.3 Å². The number of nitrogens with zero attached hydrogens (tertiary/aromatic N) is 1. The summed E-state index contributed by atoms with van der Waals surface area (Å²) in [6.07, 6.45) is 5.73. The van der Waals surface area contributed by atoms with E-state index in [2.05, 4.69) is 6.58 Å². The van der Waals surface area contributed by atoms with Gasteiger partial charge in [0.2, 0.25) is 5.78 Å². The molecule has 0 unspecified atom stereocenters. The summed E-state index contributed by atoms with van der Waals surface area (Å²) in [5, 5.41) is 0. The lowest BCUT2D eigenvalue weighted by molar-refractivity contribution is -0.113. The molecule has 2 nitrogen and oxygen atoms in total. The SMILES string of the molecule is C=C(C)C(=O)C1=CC=CCN1C. The molecule has 2 heteroatoms. The van der Waals surface area contributed by atoms with E-state index in [0.29, 0.717) is 5.57 Å². The molecule has 0 atom stereocenters. The van der Waals surface area contributed by atoms with Crippen molar-refractivity contribution in [3.05, 3.63) is 36.1 Å². The Morgan fingerprint density at radius 3 is 2.83 bits per heavy atom. The van der Waals surface area contributed by atoms with Gasteiger partial charge in [0, 0.05) is 13.6 Å². The van der Waals surface area contributed by atoms with Gasteiger partial charge in [0.15, 0.2) is 0 Å². The van der Waals surface area contributed by atoms with E-state index in [9.17, 15) is 4.79 Å². The van der Waals surface area contributed by atoms with Crippen molar-refractivity contribution < 1.29 is 4.79 Å². The predicted octanol–water partition coefficient (Wildman–Crippen LogP) is 1.52. The Morgan fingerprint density at radius 1 is 1.67 bits per heavy atom. The zero-order valence-electron chi connectivity index (χ0n) is 7.50. The third kappa shape index (κ3) is 1.64. The standard InChI is InChI=1S/C10H13NO/c1-8(2)10(12)9-6-4-5-7-11(9)3/h4-6H,1,7H2,2-3H3. The normalized spacial score (nSPS) is 15.8. The van der Waals surface area contributed by atoms with Gasteiger partial charge in [0.05, 0.1) is 5.70 Å². The number of carbonyl (C=O) groups excluding carboxylic acids is 1. The number of hydrogen-bond donors (Lipinski definition) is 0. The molecule has 1 aliphatic heterocycles. The van der Waals surface area contributed by atoms with Gasteiger partial charge in [0.25, 0.3) is 0 Å². The Bertz CT molecular complexity index is 274. The molecule has 1 rings (SSSR count). The molecule has 1 aliphatic rings. The van der Waals surface area contributed by atoms with Crippen molar-refractivity contribution >= 4 is 5.78 Å². The molecule has 0 aromatic rings. The van der Waals surface area contributed by atoms with E-state index in [1.165, 1.54) is 0 Å². The van der Waals surface area contributed by atoms with Crippen molar-refractivity contribution in [3.63, 3.8) is 0 Å². The van der Waals surface area contributed by atoms with E-state index in [1.54, 1.807) is 6.92 Å². The second-order valence-corrected chi connectivity index (χ2v) is 2.97. The zero-order valence-corrected chi connectivity index (χ0v) is 7.50. The minimum absolute atomic E-state index is 0.0295. The van der Waals surface area contributed by atoms with E-state index in [4.69, 9.17) is 0 Å². The third-order valence-electron chi connectivity index (χ3n) is 1.80. The molecule has 1 heterocycles. The average molecular weight is 163 g/mol. The van der Waals surface area contributed by atoms with Crippen LogP contribution < -0.4 is 0 Å². The molecule has 0 saturated heterocycles. The zero-order chi connectivity index (χ0) is 9.14. The first-order valence-corrected chi connectivity index (χ1v) is 3.91. The highest BCUT2D eigenvalue weighted by Crippen LogP contribution is 2.11. The topological polar surface area (TPSA) is 20.3 Å². The van der Waals surface area contributed by atoms with Crippen LogP contribution in [0, 0.1) is 0 Å². The highest BCUT2D eigenvalue weighted by Gasteiger charge is 2.14. The molecule has 0 fully saturated rings. The van der Waals surface area contributed by atoms with Crippen LogP contribution >= 0.6 is 0 Å². The van der Waals surface area contributed by atoms with Crippen molar-refractivity contribution in [3.8, 4) is 0 Å². The van der Waals surface area contributed by atoms with Crippen LogP contribution in [0.5, 0.6) is 0 Å². The molecule has 64 valence electrons. The summed E-state index contributed by atoms with van der Waals surface area (Å²) in [6, 6.07) is 0. The highest BCUT2D eigenvalue weighted by atomic mass is 16.1. The highest BCUT2D eigenvalue weighted by molar-refractivity contribution is 6.07. The fourth-order valence-electron chi connectivity index (χ4n) is 1.07. The summed E-state index contributed by atoms with van der Waals surface area (Å²) in [5.74, 6) is 0.0295. The Hall–Kier alpha value is -1.31. The summed E-state index contributed by atoms with van der Waals surface area (Å²) in [7, 11) is 1.90. The van der Waals surface area contributed by atoms with Crippen molar-refractivity contribution in [1.29, 1.82) is 0 Å². The van der Waals surface area contributed by atoms with E-state index in [0.717, 1.165) is 12.2 Å². The van der Waals surface area contributed by atoms with Gasteiger partial charge >= 0.3 is 0 Å². The van der Waals surface area contributed by atoms with Gasteiger partial charge in [-0.15, -0.1) is 0 Å². The molecular formula is C10H13NO. The van der Waals surface area contributed by atoms with Gasteiger partial charge in [-0.25, -0.2) is 0 Å². The number of carbonyl (C=O) groups is 1. The fraction of sp³-hybridized carbons (Fsp3) is 0.300. The first-order chi connectivity index (χ1) is 5.63. The first kappa shape index (κ1) is 8.78. The number of ketones is 1. The molecule has 12 heavy (non-hydrogen) atoms. The molecule has 0 spiro atoms. The minimum Gasteiger partial charge on any atom is -0.368 e. The molecule has 0 saturated carbocycles. The lowest BCUT2D eigenvalue weighted by Gasteiger charge is -2.22. The maximum Gasteiger partial charge on any atom is 0.204 e. The molecule has 0 amide bonds. The Morgan fingerprint density at radius 2 is 2.33 bits per heavy atom. The van der Waals surface area contributed by atoms with Crippen molar-refractivity contribution in [2.24, 2.45) is 0 Å². The number of allylic oxidation sites excluding steroid dienone is 3. The lowest BCUT2D eigenvalue weighted by atomic mass is 10.1. The summed E-state index contributed by atoms with van der Waals surface area (Å²) in [6.45, 7) is 6.15. The number of Topliss-reactive ketones (excluding diaryl/α,β-unsaturated/α-hetero) is 1. The number of likely N-dealkylation sites (N-methyl/N-ethyl adjacent to an activating group) is 1. The lowest BCUT2D eigenvalue weighted by Crippen LogP contribution is -2.25. The summed E-state index contributed by atoms with van der Waals surface area (Å²) in [4.78, 5) is 13.4. The van der Waals surface area contributed by atoms with Crippen LogP contribution in [-0.2, 0) is 4.79 Å². The second kappa shape index (κ2) is 3.39. The molecule has 0 N–H and O–H groups in total. The van der Waals surface area contributed by atoms with Crippen LogP contribution in [0.4, 0.5) is 0 Å². The van der Waals surface area contributed by atoms with Gasteiger partial charge < -0.3 is 4.90 Å². The average Bonchev–Trinajstić information content (AvgIpc) is 2.04. The first-order valence-electron chi connectivity index (χ1n) is 3.91. The van der Waals surface area contributed by atoms with Crippen LogP contribution in [0.1, 0.15) is 6.92 Å². The van der Waals surface area contributed by atoms with Crippen molar-refractivity contribution in [2.75, 3.05) is 13.6 Å². The van der Waals surface area contributed by atoms with Crippen LogP contribution in [0.25, 0.3) is 0 Å². The number of hydrogen-bond acceptors (Lipinski definition) is 2. The van der Waals surface area contributed by atoms with E-state index in [-0.39, 0.29) is 5.78 Å². The summed E-state index contributed by atoms with van der Waals surface area (Å²) < 4.78 is 0. The summed E-state index contributed by atoms with van der Waals surface area (Å²) in [5.41, 5.74) is 1.31. The monoisotopic (exact) mass is 163 g/mol. The smallest absolute Gasteiger partial charge is 0.204 e. The van der Waals surface area contributed by atoms with Crippen molar-refractivity contribution in [2.45, 2.75) is 6.92 Å². The van der Waals surface area contributed by atoms with Gasteiger partial charge in [0.1, 0.15) is 0 Å². The Labute approximate surface area is 72.9 Å². The van der Waals surface area contributed by atoms with Gasteiger partial charge in [-0.05, 0) is 18.6 Å². The van der Waals surface area contributed by atoms with E-state index < -0.39 is 0 Å². The van der Waals surface area contributed by atoms with E-state index >= 15 is 0 Å². The molecule has 0 bridgehead atoms. The molecule has 0 aromatic carbocycles. The quantitative estimate of drug-likeness (QED) is 0.575. The fourth-order valence-corrected chi connectivity index (χ4v) is 1.07. The molecule has 0 aliphatic carbocycles. The van der Waals surface area contributed by atoms with Gasteiger partial charge in [-0.2, -0.15) is 0 Å². The van der Waals surface area contributed by atoms with Crippen molar-refractivity contribution in [1.82, 2.24) is 4.90 Å².